The van der Waals surface area contributed by atoms with Gasteiger partial charge < -0.3 is 26.3 Å². The molecule has 0 aliphatic heterocycles. The van der Waals surface area contributed by atoms with E-state index in [1.807, 2.05) is 6.92 Å². The fourth-order valence-corrected chi connectivity index (χ4v) is 2.42. The molecule has 0 fully saturated rings. The van der Waals surface area contributed by atoms with Gasteiger partial charge in [-0.25, -0.2) is 0 Å². The fraction of sp³-hybridized carbons (Fsp3) is 0.222. The maximum atomic E-state index is 12.4. The lowest BCUT2D eigenvalue weighted by Crippen LogP contribution is -2.23. The second-order valence-electron chi connectivity index (χ2n) is 5.52. The van der Waals surface area contributed by atoms with Gasteiger partial charge in [0.05, 0.1) is 14.2 Å². The van der Waals surface area contributed by atoms with Crippen LogP contribution in [0.3, 0.4) is 0 Å². The molecule has 0 aliphatic carbocycles. The van der Waals surface area contributed by atoms with Gasteiger partial charge in [-0.3, -0.25) is 10.2 Å². The standard InChI is InChI=1S/C18H22N4O3/c1-10-15(24-2)7-13(8-16(10)25-3)18(23)22-9-12-5-4-11(17(20)21)6-14(12)19/h4-8H,9,19H2,1-3H3,(H3,20,21)(H,22,23). The highest BCUT2D eigenvalue weighted by atomic mass is 16.5. The van der Waals surface area contributed by atoms with E-state index in [9.17, 15) is 4.79 Å². The van der Waals surface area contributed by atoms with E-state index in [4.69, 9.17) is 26.4 Å². The van der Waals surface area contributed by atoms with E-state index in [1.165, 1.54) is 0 Å². The zero-order valence-corrected chi connectivity index (χ0v) is 14.5. The predicted molar refractivity (Wildman–Crippen MR) is 97.3 cm³/mol. The van der Waals surface area contributed by atoms with Crippen LogP contribution in [0, 0.1) is 12.3 Å². The molecule has 0 atom stereocenters. The van der Waals surface area contributed by atoms with Crippen molar-refractivity contribution < 1.29 is 14.3 Å². The van der Waals surface area contributed by atoms with Gasteiger partial charge in [0, 0.05) is 28.9 Å². The minimum absolute atomic E-state index is 0.0545. The molecule has 0 bridgehead atoms. The second kappa shape index (κ2) is 7.57. The van der Waals surface area contributed by atoms with Crippen LogP contribution in [-0.2, 0) is 6.54 Å². The number of carbonyl (C=O) groups is 1. The quantitative estimate of drug-likeness (QED) is 0.362. The van der Waals surface area contributed by atoms with Gasteiger partial charge in [0.2, 0.25) is 0 Å². The maximum absolute atomic E-state index is 12.4. The van der Waals surface area contributed by atoms with E-state index in [0.29, 0.717) is 28.3 Å². The van der Waals surface area contributed by atoms with Crippen LogP contribution in [0.15, 0.2) is 30.3 Å². The first kappa shape index (κ1) is 18.1. The molecule has 2 aromatic rings. The normalized spacial score (nSPS) is 10.2. The van der Waals surface area contributed by atoms with Crippen LogP contribution in [0.5, 0.6) is 11.5 Å². The molecule has 7 heteroatoms. The summed E-state index contributed by atoms with van der Waals surface area (Å²) in [7, 11) is 3.08. The van der Waals surface area contributed by atoms with Crippen molar-refractivity contribution in [2.75, 3.05) is 20.0 Å². The van der Waals surface area contributed by atoms with Crippen LogP contribution < -0.4 is 26.3 Å². The summed E-state index contributed by atoms with van der Waals surface area (Å²) in [5.74, 6) is 0.831. The minimum Gasteiger partial charge on any atom is -0.496 e. The van der Waals surface area contributed by atoms with Crippen molar-refractivity contribution in [2.45, 2.75) is 13.5 Å². The number of amidine groups is 1. The number of rotatable bonds is 6. The number of amides is 1. The summed E-state index contributed by atoms with van der Waals surface area (Å²) in [6.07, 6.45) is 0. The molecule has 1 amide bonds. The Kier molecular flexibility index (Phi) is 5.49. The highest BCUT2D eigenvalue weighted by Crippen LogP contribution is 2.29. The molecular weight excluding hydrogens is 320 g/mol. The molecule has 0 heterocycles. The first-order valence-corrected chi connectivity index (χ1v) is 7.61. The van der Waals surface area contributed by atoms with E-state index in [2.05, 4.69) is 5.32 Å². The number of nitrogen functional groups attached to an aromatic ring is 2. The third kappa shape index (κ3) is 4.00. The zero-order chi connectivity index (χ0) is 18.6. The Morgan fingerprint density at radius 1 is 1.12 bits per heavy atom. The molecule has 0 spiro atoms. The highest BCUT2D eigenvalue weighted by Gasteiger charge is 2.14. The first-order valence-electron chi connectivity index (χ1n) is 7.61. The van der Waals surface area contributed by atoms with Crippen molar-refractivity contribution in [3.8, 4) is 11.5 Å². The second-order valence-corrected chi connectivity index (χ2v) is 5.52. The molecule has 2 aromatic carbocycles. The number of ether oxygens (including phenoxy) is 2. The molecule has 6 N–H and O–H groups in total. The Labute approximate surface area is 146 Å². The molecule has 0 unspecified atom stereocenters. The van der Waals surface area contributed by atoms with E-state index >= 15 is 0 Å². The third-order valence-electron chi connectivity index (χ3n) is 3.91. The summed E-state index contributed by atoms with van der Waals surface area (Å²) in [6, 6.07) is 8.37. The molecule has 25 heavy (non-hydrogen) atoms. The van der Waals surface area contributed by atoms with Crippen molar-refractivity contribution in [1.82, 2.24) is 5.32 Å². The number of hydrogen-bond acceptors (Lipinski definition) is 5. The number of hydrogen-bond donors (Lipinski definition) is 4. The number of nitrogens with two attached hydrogens (primary N) is 2. The van der Waals surface area contributed by atoms with Crippen molar-refractivity contribution in [3.05, 3.63) is 52.6 Å². The monoisotopic (exact) mass is 342 g/mol. The van der Waals surface area contributed by atoms with Crippen LogP contribution in [0.25, 0.3) is 0 Å². The highest BCUT2D eigenvalue weighted by molar-refractivity contribution is 5.96. The average Bonchev–Trinajstić information content (AvgIpc) is 2.60. The number of anilines is 1. The van der Waals surface area contributed by atoms with Gasteiger partial charge in [-0.05, 0) is 30.7 Å². The van der Waals surface area contributed by atoms with Crippen LogP contribution >= 0.6 is 0 Å². The van der Waals surface area contributed by atoms with E-state index in [0.717, 1.165) is 11.1 Å². The summed E-state index contributed by atoms with van der Waals surface area (Å²) in [6.45, 7) is 2.11. The smallest absolute Gasteiger partial charge is 0.251 e. The third-order valence-corrected chi connectivity index (χ3v) is 3.91. The molecule has 0 saturated carbocycles. The summed E-state index contributed by atoms with van der Waals surface area (Å²) < 4.78 is 10.6. The van der Waals surface area contributed by atoms with Crippen molar-refractivity contribution in [3.63, 3.8) is 0 Å². The lowest BCUT2D eigenvalue weighted by Gasteiger charge is -2.13. The average molecular weight is 342 g/mol. The fourth-order valence-electron chi connectivity index (χ4n) is 2.42. The molecular formula is C18H22N4O3. The van der Waals surface area contributed by atoms with E-state index in [1.54, 1.807) is 44.6 Å². The molecule has 0 saturated heterocycles. The Hall–Kier alpha value is -3.22. The van der Waals surface area contributed by atoms with Gasteiger partial charge in [0.25, 0.3) is 5.91 Å². The van der Waals surface area contributed by atoms with Gasteiger partial charge >= 0.3 is 0 Å². The van der Waals surface area contributed by atoms with Gasteiger partial charge in [-0.15, -0.1) is 0 Å². The Balaban J connectivity index is 2.17. The SMILES string of the molecule is COc1cc(C(=O)NCc2ccc(C(=N)N)cc2N)cc(OC)c1C. The van der Waals surface area contributed by atoms with Crippen LogP contribution in [0.2, 0.25) is 0 Å². The summed E-state index contributed by atoms with van der Waals surface area (Å²) >= 11 is 0. The van der Waals surface area contributed by atoms with Crippen LogP contribution in [0.1, 0.15) is 27.0 Å². The Morgan fingerprint density at radius 3 is 2.20 bits per heavy atom. The molecule has 132 valence electrons. The predicted octanol–water partition coefficient (Wildman–Crippen LogP) is 1.81. The van der Waals surface area contributed by atoms with Crippen molar-refractivity contribution in [2.24, 2.45) is 5.73 Å². The van der Waals surface area contributed by atoms with E-state index in [-0.39, 0.29) is 18.3 Å². The van der Waals surface area contributed by atoms with Gasteiger partial charge in [-0.2, -0.15) is 0 Å². The van der Waals surface area contributed by atoms with Crippen molar-refractivity contribution in [1.29, 1.82) is 5.41 Å². The molecule has 2 rings (SSSR count). The topological polar surface area (TPSA) is 123 Å². The molecule has 0 radical (unpaired) electrons. The van der Waals surface area contributed by atoms with Crippen molar-refractivity contribution >= 4 is 17.4 Å². The molecule has 0 aliphatic rings. The number of benzene rings is 2. The number of carbonyl (C=O) groups excluding carboxylic acids is 1. The first-order chi connectivity index (χ1) is 11.9. The minimum atomic E-state index is -0.272. The largest absolute Gasteiger partial charge is 0.496 e. The van der Waals surface area contributed by atoms with Crippen LogP contribution in [-0.4, -0.2) is 26.0 Å². The van der Waals surface area contributed by atoms with Gasteiger partial charge in [0.1, 0.15) is 17.3 Å². The summed E-state index contributed by atoms with van der Waals surface area (Å²) in [5, 5.41) is 10.2. The van der Waals surface area contributed by atoms with Gasteiger partial charge in [-0.1, -0.05) is 12.1 Å². The number of methoxy groups -OCH3 is 2. The summed E-state index contributed by atoms with van der Waals surface area (Å²) in [5.41, 5.74) is 14.4. The maximum Gasteiger partial charge on any atom is 0.251 e. The lowest BCUT2D eigenvalue weighted by molar-refractivity contribution is 0.0950. The van der Waals surface area contributed by atoms with Crippen LogP contribution in [0.4, 0.5) is 5.69 Å². The molecule has 7 nitrogen and oxygen atoms in total. The Morgan fingerprint density at radius 2 is 1.72 bits per heavy atom. The zero-order valence-electron chi connectivity index (χ0n) is 14.5. The summed E-state index contributed by atoms with van der Waals surface area (Å²) in [4.78, 5) is 12.4. The molecule has 0 aromatic heterocycles. The van der Waals surface area contributed by atoms with E-state index < -0.39 is 0 Å². The van der Waals surface area contributed by atoms with Gasteiger partial charge in [0.15, 0.2) is 0 Å². The Bertz CT molecular complexity index is 793. The number of nitrogens with one attached hydrogen (secondary N) is 2. The lowest BCUT2D eigenvalue weighted by atomic mass is 10.1.